The predicted octanol–water partition coefficient (Wildman–Crippen LogP) is 0.0212. The van der Waals surface area contributed by atoms with Gasteiger partial charge in [0.15, 0.2) is 22.3 Å². The second-order valence-electron chi connectivity index (χ2n) is 4.18. The Morgan fingerprint density at radius 3 is 1.68 bits per heavy atom. The molecule has 4 aromatic rings. The number of aromatic amines is 4. The highest BCUT2D eigenvalue weighted by atomic mass is 16.1. The Hall–Kier alpha value is -3.70. The molecule has 0 aliphatic rings. The van der Waals surface area contributed by atoms with Crippen LogP contribution in [0, 0.1) is 0 Å². The molecule has 0 fully saturated rings. The number of imidazole rings is 2. The molecule has 0 bridgehead atoms. The molecule has 0 aliphatic carbocycles. The van der Waals surface area contributed by atoms with Crippen LogP contribution in [0.3, 0.4) is 0 Å². The van der Waals surface area contributed by atoms with Crippen molar-refractivity contribution in [1.29, 1.82) is 0 Å². The minimum absolute atomic E-state index is 0.0608. The third-order valence-corrected chi connectivity index (χ3v) is 2.81. The second-order valence-corrected chi connectivity index (χ2v) is 4.18. The summed E-state index contributed by atoms with van der Waals surface area (Å²) in [6.07, 6.45) is 2.69. The number of hydrogen-bond acceptors (Lipinski definition) is 8. The van der Waals surface area contributed by atoms with Crippen LogP contribution in [-0.4, -0.2) is 39.9 Å². The molecule has 0 spiro atoms. The third kappa shape index (κ3) is 1.86. The fraction of sp³-hybridized carbons (Fsp3) is 0. The Balaban J connectivity index is 1.78. The van der Waals surface area contributed by atoms with Crippen LogP contribution in [0.4, 0.5) is 11.9 Å². The minimum Gasteiger partial charge on any atom is -0.339 e. The Bertz CT molecular complexity index is 1040. The van der Waals surface area contributed by atoms with E-state index in [0.29, 0.717) is 0 Å². The number of nitrogens with one attached hydrogen (secondary N) is 4. The van der Waals surface area contributed by atoms with E-state index < -0.39 is 11.1 Å². The highest BCUT2D eigenvalue weighted by Gasteiger charge is 2.07. The van der Waals surface area contributed by atoms with Crippen molar-refractivity contribution in [1.82, 2.24) is 39.9 Å². The Kier molecular flexibility index (Phi) is 2.42. The average molecular weight is 298 g/mol. The van der Waals surface area contributed by atoms with Crippen molar-refractivity contribution in [2.45, 2.75) is 0 Å². The maximum Gasteiger partial charge on any atom is 0.278 e. The summed E-state index contributed by atoms with van der Waals surface area (Å²) in [7, 11) is 0. The lowest BCUT2D eigenvalue weighted by atomic mass is 10.5. The molecule has 4 aromatic heterocycles. The van der Waals surface area contributed by atoms with Gasteiger partial charge in [0.05, 0.1) is 12.7 Å². The lowest BCUT2D eigenvalue weighted by Crippen LogP contribution is -2.07. The fourth-order valence-corrected chi connectivity index (χ4v) is 1.85. The summed E-state index contributed by atoms with van der Waals surface area (Å²) in [5, 5.41) is 7.47. The normalized spacial score (nSPS) is 11.8. The number of hydrogen-bond donors (Lipinski definition) is 4. The maximum atomic E-state index is 11.7. The molecular weight excluding hydrogens is 292 g/mol. The monoisotopic (exact) mass is 298 g/mol. The lowest BCUT2D eigenvalue weighted by molar-refractivity contribution is 1.01. The molecule has 0 aromatic carbocycles. The summed E-state index contributed by atoms with van der Waals surface area (Å²) in [5.74, 6) is -0.122. The zero-order valence-electron chi connectivity index (χ0n) is 10.7. The van der Waals surface area contributed by atoms with Crippen LogP contribution in [0.25, 0.3) is 22.3 Å². The molecule has 0 saturated heterocycles. The average Bonchev–Trinajstić information content (AvgIpc) is 3.13. The van der Waals surface area contributed by atoms with Gasteiger partial charge < -0.3 is 9.97 Å². The highest BCUT2D eigenvalue weighted by molar-refractivity contribution is 5.69. The molecule has 108 valence electrons. The van der Waals surface area contributed by atoms with E-state index in [0.717, 1.165) is 0 Å². The summed E-state index contributed by atoms with van der Waals surface area (Å²) in [4.78, 5) is 49.3. The molecule has 0 saturated carbocycles. The Morgan fingerprint density at radius 1 is 0.773 bits per heavy atom. The van der Waals surface area contributed by atoms with Crippen LogP contribution in [0.1, 0.15) is 0 Å². The first-order chi connectivity index (χ1) is 10.7. The number of azo groups is 1. The van der Waals surface area contributed by atoms with Crippen molar-refractivity contribution in [2.24, 2.45) is 10.2 Å². The van der Waals surface area contributed by atoms with Crippen molar-refractivity contribution in [3.63, 3.8) is 0 Å². The zero-order chi connectivity index (χ0) is 15.1. The van der Waals surface area contributed by atoms with Gasteiger partial charge in [0, 0.05) is 0 Å². The summed E-state index contributed by atoms with van der Waals surface area (Å²) >= 11 is 0. The first kappa shape index (κ1) is 12.1. The molecule has 4 rings (SSSR count). The highest BCUT2D eigenvalue weighted by Crippen LogP contribution is 2.11. The molecule has 0 amide bonds. The van der Waals surface area contributed by atoms with E-state index in [1.807, 2.05) is 0 Å². The van der Waals surface area contributed by atoms with E-state index in [1.165, 1.54) is 12.7 Å². The van der Waals surface area contributed by atoms with Gasteiger partial charge in [-0.2, -0.15) is 9.97 Å². The van der Waals surface area contributed by atoms with Gasteiger partial charge in [0.25, 0.3) is 23.0 Å². The van der Waals surface area contributed by atoms with Gasteiger partial charge in [-0.05, 0) is 0 Å². The molecule has 0 unspecified atom stereocenters. The molecule has 0 aliphatic heterocycles. The minimum atomic E-state index is -0.430. The summed E-state index contributed by atoms with van der Waals surface area (Å²) in [6.45, 7) is 0. The predicted molar refractivity (Wildman–Crippen MR) is 73.2 cm³/mol. The van der Waals surface area contributed by atoms with Crippen molar-refractivity contribution in [2.75, 3.05) is 0 Å². The van der Waals surface area contributed by atoms with E-state index in [9.17, 15) is 9.59 Å². The van der Waals surface area contributed by atoms with Crippen molar-refractivity contribution in [3.05, 3.63) is 33.4 Å². The van der Waals surface area contributed by atoms with Crippen LogP contribution >= 0.6 is 0 Å². The summed E-state index contributed by atoms with van der Waals surface area (Å²) in [6, 6.07) is 0. The molecule has 22 heavy (non-hydrogen) atoms. The summed E-state index contributed by atoms with van der Waals surface area (Å²) in [5.41, 5.74) is 0.0389. The van der Waals surface area contributed by atoms with Gasteiger partial charge in [-0.1, -0.05) is 0 Å². The standard InChI is InChI=1S/C10H6N10O2/c21-7-3-5(13-1-11-3)15-9(17-7)19-20-10-16-6-4(8(22)18-10)12-2-14-6/h1-2H,(H2,11,13,15,17,21)(H2,12,14,16,18,22). The molecule has 0 radical (unpaired) electrons. The van der Waals surface area contributed by atoms with Crippen LogP contribution in [0.2, 0.25) is 0 Å². The summed E-state index contributed by atoms with van der Waals surface area (Å²) < 4.78 is 0. The maximum absolute atomic E-state index is 11.7. The van der Waals surface area contributed by atoms with E-state index in [4.69, 9.17) is 0 Å². The molecule has 4 N–H and O–H groups in total. The van der Waals surface area contributed by atoms with E-state index in [2.05, 4.69) is 50.1 Å². The van der Waals surface area contributed by atoms with Gasteiger partial charge in [0.2, 0.25) is 0 Å². The van der Waals surface area contributed by atoms with Crippen molar-refractivity contribution >= 4 is 34.2 Å². The van der Waals surface area contributed by atoms with E-state index >= 15 is 0 Å². The number of aromatic nitrogens is 8. The van der Waals surface area contributed by atoms with Crippen molar-refractivity contribution < 1.29 is 0 Å². The van der Waals surface area contributed by atoms with Gasteiger partial charge in [-0.25, -0.2) is 9.97 Å². The van der Waals surface area contributed by atoms with Crippen molar-refractivity contribution in [3.8, 4) is 0 Å². The quantitative estimate of drug-likeness (QED) is 0.379. The first-order valence-electron chi connectivity index (χ1n) is 5.99. The zero-order valence-corrected chi connectivity index (χ0v) is 10.7. The SMILES string of the molecule is O=c1[nH]c(N=Nc2nc3nc[nH]c3c(=O)[nH]2)nc2nc[nH]c12. The number of nitrogens with zero attached hydrogens (tertiary/aromatic N) is 6. The van der Waals surface area contributed by atoms with Gasteiger partial charge in [0.1, 0.15) is 0 Å². The van der Waals surface area contributed by atoms with Crippen LogP contribution < -0.4 is 11.1 Å². The second kappa shape index (κ2) is 4.41. The van der Waals surface area contributed by atoms with Gasteiger partial charge in [-0.3, -0.25) is 19.6 Å². The lowest BCUT2D eigenvalue weighted by Gasteiger charge is -1.93. The number of H-pyrrole nitrogens is 4. The fourth-order valence-electron chi connectivity index (χ4n) is 1.85. The molecule has 12 heteroatoms. The molecule has 4 heterocycles. The first-order valence-corrected chi connectivity index (χ1v) is 5.99. The molecule has 0 atom stereocenters. The van der Waals surface area contributed by atoms with Crippen LogP contribution in [0.5, 0.6) is 0 Å². The molecule has 12 nitrogen and oxygen atoms in total. The Labute approximate surface area is 118 Å². The largest absolute Gasteiger partial charge is 0.339 e. The van der Waals surface area contributed by atoms with E-state index in [-0.39, 0.29) is 34.2 Å². The Morgan fingerprint density at radius 2 is 1.23 bits per heavy atom. The molecular formula is C10H6N10O2. The smallest absolute Gasteiger partial charge is 0.278 e. The third-order valence-electron chi connectivity index (χ3n) is 2.81. The topological polar surface area (TPSA) is 174 Å². The van der Waals surface area contributed by atoms with Gasteiger partial charge in [-0.15, -0.1) is 10.2 Å². The number of rotatable bonds is 2. The number of fused-ring (bicyclic) bond motifs is 2. The van der Waals surface area contributed by atoms with E-state index in [1.54, 1.807) is 0 Å². The van der Waals surface area contributed by atoms with Gasteiger partial charge >= 0.3 is 0 Å². The van der Waals surface area contributed by atoms with Crippen LogP contribution in [-0.2, 0) is 0 Å². The van der Waals surface area contributed by atoms with Crippen LogP contribution in [0.15, 0.2) is 32.5 Å².